The van der Waals surface area contributed by atoms with E-state index in [-0.39, 0.29) is 0 Å². The van der Waals surface area contributed by atoms with Crippen LogP contribution in [-0.4, -0.2) is 11.8 Å². The molecule has 4 nitrogen and oxygen atoms in total. The molecule has 0 aromatic carbocycles. The van der Waals surface area contributed by atoms with Crippen molar-refractivity contribution in [3.8, 4) is 0 Å². The SMILES string of the molecule is CC(=O)C(F)(F)N=[N+]=[N-]. The van der Waals surface area contributed by atoms with Gasteiger partial charge in [0.05, 0.1) is 0 Å². The van der Waals surface area contributed by atoms with Crippen molar-refractivity contribution in [2.45, 2.75) is 13.0 Å². The number of carbonyl (C=O) groups excluding carboxylic acids is 1. The zero-order chi connectivity index (χ0) is 7.49. The normalized spacial score (nSPS) is 10.1. The molecular formula is C3H3F2N3O. The van der Waals surface area contributed by atoms with Crippen molar-refractivity contribution in [1.82, 2.24) is 0 Å². The summed E-state index contributed by atoms with van der Waals surface area (Å²) in [4.78, 5) is 11.6. The van der Waals surface area contributed by atoms with E-state index in [0.717, 1.165) is 0 Å². The van der Waals surface area contributed by atoms with Crippen LogP contribution in [0.2, 0.25) is 0 Å². The Bertz CT molecular complexity index is 168. The van der Waals surface area contributed by atoms with Gasteiger partial charge in [-0.25, -0.2) is 0 Å². The summed E-state index contributed by atoms with van der Waals surface area (Å²) >= 11 is 0. The average molecular weight is 135 g/mol. The van der Waals surface area contributed by atoms with E-state index < -0.39 is 11.8 Å². The molecule has 0 unspecified atom stereocenters. The third kappa shape index (κ3) is 2.05. The quantitative estimate of drug-likeness (QED) is 0.244. The molecule has 50 valence electrons. The predicted octanol–water partition coefficient (Wildman–Crippen LogP) is 1.48. The van der Waals surface area contributed by atoms with E-state index >= 15 is 0 Å². The molecule has 0 fully saturated rings. The summed E-state index contributed by atoms with van der Waals surface area (Å²) in [5.74, 6) is -1.46. The lowest BCUT2D eigenvalue weighted by atomic mass is 10.4. The van der Waals surface area contributed by atoms with Crippen LogP contribution in [0, 0.1) is 0 Å². The Morgan fingerprint density at radius 2 is 2.22 bits per heavy atom. The van der Waals surface area contributed by atoms with Crippen molar-refractivity contribution < 1.29 is 13.6 Å². The summed E-state index contributed by atoms with van der Waals surface area (Å²) in [5.41, 5.74) is 7.48. The first kappa shape index (κ1) is 7.84. The summed E-state index contributed by atoms with van der Waals surface area (Å²) in [6, 6.07) is -3.88. The van der Waals surface area contributed by atoms with Crippen LogP contribution in [0.15, 0.2) is 5.11 Å². The molecule has 0 aromatic heterocycles. The zero-order valence-electron chi connectivity index (χ0n) is 4.51. The van der Waals surface area contributed by atoms with Crippen LogP contribution in [-0.2, 0) is 4.79 Å². The molecule has 0 aliphatic rings. The van der Waals surface area contributed by atoms with E-state index in [1.807, 2.05) is 5.11 Å². The van der Waals surface area contributed by atoms with E-state index in [1.165, 1.54) is 0 Å². The molecule has 0 atom stereocenters. The Hall–Kier alpha value is -1.16. The van der Waals surface area contributed by atoms with Crippen molar-refractivity contribution in [1.29, 1.82) is 0 Å². The molecular weight excluding hydrogens is 132 g/mol. The zero-order valence-corrected chi connectivity index (χ0v) is 4.51. The molecule has 0 radical (unpaired) electrons. The number of nitrogens with zero attached hydrogens (tertiary/aromatic N) is 3. The number of carbonyl (C=O) groups is 1. The number of azide groups is 1. The first-order valence-corrected chi connectivity index (χ1v) is 1.96. The molecule has 0 amide bonds. The summed E-state index contributed by atoms with van der Waals surface area (Å²) < 4.78 is 23.6. The molecule has 0 saturated carbocycles. The van der Waals surface area contributed by atoms with Gasteiger partial charge in [-0.2, -0.15) is 8.78 Å². The molecule has 0 bridgehead atoms. The van der Waals surface area contributed by atoms with Crippen molar-refractivity contribution in [2.75, 3.05) is 0 Å². The number of hydrogen-bond acceptors (Lipinski definition) is 2. The van der Waals surface area contributed by atoms with Crippen LogP contribution >= 0.6 is 0 Å². The van der Waals surface area contributed by atoms with Gasteiger partial charge in [-0.3, -0.25) is 4.79 Å². The fraction of sp³-hybridized carbons (Fsp3) is 0.667. The van der Waals surface area contributed by atoms with Gasteiger partial charge in [0.15, 0.2) is 0 Å². The number of hydrogen-bond donors (Lipinski definition) is 0. The molecule has 0 saturated heterocycles. The second-order valence-electron chi connectivity index (χ2n) is 1.29. The van der Waals surface area contributed by atoms with Gasteiger partial charge >= 0.3 is 6.05 Å². The summed E-state index contributed by atoms with van der Waals surface area (Å²) in [6.45, 7) is 0.648. The number of ketones is 1. The van der Waals surface area contributed by atoms with E-state index in [0.29, 0.717) is 6.92 Å². The molecule has 0 aliphatic carbocycles. The topological polar surface area (TPSA) is 65.8 Å². The highest BCUT2D eigenvalue weighted by Crippen LogP contribution is 2.15. The molecule has 0 N–H and O–H groups in total. The maximum Gasteiger partial charge on any atom is 0.382 e. The van der Waals surface area contributed by atoms with Gasteiger partial charge in [0.1, 0.15) is 0 Å². The lowest BCUT2D eigenvalue weighted by molar-refractivity contribution is -0.139. The van der Waals surface area contributed by atoms with E-state index in [1.54, 1.807) is 4.91 Å². The van der Waals surface area contributed by atoms with Crippen LogP contribution < -0.4 is 0 Å². The number of Topliss-reactive ketones (excluding diaryl/α,β-unsaturated/α-hetero) is 1. The summed E-state index contributed by atoms with van der Waals surface area (Å²) in [7, 11) is 0. The number of halogens is 2. The van der Waals surface area contributed by atoms with Gasteiger partial charge in [0.25, 0.3) is 0 Å². The van der Waals surface area contributed by atoms with Gasteiger partial charge < -0.3 is 0 Å². The fourth-order valence-electron chi connectivity index (χ4n) is 0.127. The highest BCUT2D eigenvalue weighted by atomic mass is 19.3. The molecule has 0 aliphatic heterocycles. The average Bonchev–Trinajstić information content (AvgIpc) is 1.65. The molecule has 0 spiro atoms. The van der Waals surface area contributed by atoms with E-state index in [9.17, 15) is 13.6 Å². The lowest BCUT2D eigenvalue weighted by Gasteiger charge is -2.01. The monoisotopic (exact) mass is 135 g/mol. The first-order valence-electron chi connectivity index (χ1n) is 1.96. The van der Waals surface area contributed by atoms with Gasteiger partial charge in [-0.1, -0.05) is 0 Å². The third-order valence-corrected chi connectivity index (χ3v) is 0.594. The summed E-state index contributed by atoms with van der Waals surface area (Å²) in [6.07, 6.45) is 0. The van der Waals surface area contributed by atoms with Gasteiger partial charge in [0.2, 0.25) is 5.78 Å². The highest BCUT2D eigenvalue weighted by Gasteiger charge is 2.33. The lowest BCUT2D eigenvalue weighted by Crippen LogP contribution is -2.21. The van der Waals surface area contributed by atoms with Crippen molar-refractivity contribution >= 4 is 5.78 Å². The Morgan fingerprint density at radius 1 is 1.78 bits per heavy atom. The van der Waals surface area contributed by atoms with Crippen LogP contribution in [0.1, 0.15) is 6.92 Å². The van der Waals surface area contributed by atoms with Crippen molar-refractivity contribution in [3.05, 3.63) is 10.4 Å². The Morgan fingerprint density at radius 3 is 2.33 bits per heavy atom. The smallest absolute Gasteiger partial charge is 0.293 e. The van der Waals surface area contributed by atoms with Gasteiger partial charge in [-0.05, 0) is 10.6 Å². The highest BCUT2D eigenvalue weighted by molar-refractivity contribution is 5.82. The Balaban J connectivity index is 4.37. The maximum absolute atomic E-state index is 11.8. The molecule has 6 heteroatoms. The Labute approximate surface area is 49.1 Å². The van der Waals surface area contributed by atoms with Crippen LogP contribution in [0.25, 0.3) is 10.4 Å². The van der Waals surface area contributed by atoms with Crippen molar-refractivity contribution in [2.24, 2.45) is 5.11 Å². The van der Waals surface area contributed by atoms with E-state index in [4.69, 9.17) is 5.53 Å². The van der Waals surface area contributed by atoms with Crippen molar-refractivity contribution in [3.63, 3.8) is 0 Å². The van der Waals surface area contributed by atoms with Crippen LogP contribution in [0.5, 0.6) is 0 Å². The molecule has 0 rings (SSSR count). The predicted molar refractivity (Wildman–Crippen MR) is 24.8 cm³/mol. The second-order valence-corrected chi connectivity index (χ2v) is 1.29. The standard InChI is InChI=1S/C3H3F2N3O/c1-2(9)3(4,5)7-8-6/h1H3. The second kappa shape index (κ2) is 2.41. The van der Waals surface area contributed by atoms with E-state index in [2.05, 4.69) is 0 Å². The maximum atomic E-state index is 11.8. The van der Waals surface area contributed by atoms with Crippen LogP contribution in [0.3, 0.4) is 0 Å². The number of alkyl halides is 2. The van der Waals surface area contributed by atoms with Gasteiger partial charge in [-0.15, -0.1) is 0 Å². The summed E-state index contributed by atoms with van der Waals surface area (Å²) in [5, 5.41) is 1.95. The first-order chi connectivity index (χ1) is 4.00. The minimum absolute atomic E-state index is 0.648. The third-order valence-electron chi connectivity index (χ3n) is 0.594. The van der Waals surface area contributed by atoms with Gasteiger partial charge in [0, 0.05) is 11.8 Å². The number of rotatable bonds is 2. The molecule has 9 heavy (non-hydrogen) atoms. The fourth-order valence-corrected chi connectivity index (χ4v) is 0.127. The molecule has 0 heterocycles. The largest absolute Gasteiger partial charge is 0.382 e. The van der Waals surface area contributed by atoms with Crippen LogP contribution in [0.4, 0.5) is 8.78 Å². The minimum atomic E-state index is -3.88. The Kier molecular flexibility index (Phi) is 2.10. The minimum Gasteiger partial charge on any atom is -0.293 e. The molecule has 0 aromatic rings.